The van der Waals surface area contributed by atoms with Gasteiger partial charge in [-0.25, -0.2) is 0 Å². The van der Waals surface area contributed by atoms with E-state index in [1.54, 1.807) is 29.3 Å². The third-order valence-electron chi connectivity index (χ3n) is 6.68. The van der Waals surface area contributed by atoms with Crippen LogP contribution in [0.1, 0.15) is 32.3 Å². The quantitative estimate of drug-likeness (QED) is 0.664. The zero-order valence-electron chi connectivity index (χ0n) is 19.0. The van der Waals surface area contributed by atoms with Crippen molar-refractivity contribution < 1.29 is 18.0 Å². The van der Waals surface area contributed by atoms with Crippen molar-refractivity contribution in [3.8, 4) is 0 Å². The van der Waals surface area contributed by atoms with Gasteiger partial charge in [-0.15, -0.1) is 0 Å². The zero-order valence-corrected chi connectivity index (χ0v) is 19.0. The van der Waals surface area contributed by atoms with Gasteiger partial charge in [0.1, 0.15) is 0 Å². The topological polar surface area (TPSA) is 72.3 Å². The van der Waals surface area contributed by atoms with Crippen molar-refractivity contribution in [2.24, 2.45) is 11.3 Å². The number of benzene rings is 1. The molecule has 2 N–H and O–H groups in total. The lowest BCUT2D eigenvalue weighted by Crippen LogP contribution is -2.55. The van der Waals surface area contributed by atoms with Crippen molar-refractivity contribution >= 4 is 28.7 Å². The van der Waals surface area contributed by atoms with Crippen molar-refractivity contribution in [1.82, 2.24) is 15.2 Å². The lowest BCUT2D eigenvalue weighted by Gasteiger charge is -2.40. The molecule has 33 heavy (non-hydrogen) atoms. The summed E-state index contributed by atoms with van der Waals surface area (Å²) in [5.41, 5.74) is 1.98. The number of amides is 1. The summed E-state index contributed by atoms with van der Waals surface area (Å²) in [5.74, 6) is -1.78. The number of hydrogen-bond acceptors (Lipinski definition) is 5. The molecule has 0 unspecified atom stereocenters. The fraction of sp³-hybridized carbons (Fsp3) is 0.542. The minimum Gasteiger partial charge on any atom is -0.368 e. The molecule has 3 heterocycles. The predicted molar refractivity (Wildman–Crippen MR) is 123 cm³/mol. The number of nitrogens with one attached hydrogen (secondary N) is 2. The highest BCUT2D eigenvalue weighted by Gasteiger charge is 2.45. The molecule has 4 rings (SSSR count). The Labute approximate surface area is 191 Å². The van der Waals surface area contributed by atoms with Gasteiger partial charge in [-0.3, -0.25) is 14.7 Å². The smallest absolute Gasteiger partial charge is 0.368 e. The van der Waals surface area contributed by atoms with Gasteiger partial charge in [0.25, 0.3) is 0 Å². The third kappa shape index (κ3) is 5.29. The second-order valence-electron chi connectivity index (χ2n) is 9.99. The Morgan fingerprint density at radius 1 is 1.30 bits per heavy atom. The molecule has 0 aliphatic carbocycles. The van der Waals surface area contributed by atoms with Gasteiger partial charge >= 0.3 is 6.18 Å². The number of anilines is 1. The number of carbonyl (C=O) groups excluding carboxylic acids is 1. The van der Waals surface area contributed by atoms with E-state index in [9.17, 15) is 18.0 Å². The largest absolute Gasteiger partial charge is 0.393 e. The fourth-order valence-corrected chi connectivity index (χ4v) is 5.04. The van der Waals surface area contributed by atoms with Crippen LogP contribution in [0.4, 0.5) is 18.9 Å². The number of aromatic nitrogens is 1. The van der Waals surface area contributed by atoms with E-state index in [2.05, 4.69) is 29.0 Å². The number of pyridine rings is 1. The van der Waals surface area contributed by atoms with Gasteiger partial charge in [0, 0.05) is 54.7 Å². The number of alkyl halides is 3. The third-order valence-corrected chi connectivity index (χ3v) is 6.68. The molecule has 2 aliphatic rings. The lowest BCUT2D eigenvalue weighted by atomic mass is 9.92. The van der Waals surface area contributed by atoms with Gasteiger partial charge in [-0.2, -0.15) is 13.2 Å². The molecule has 0 bridgehead atoms. The van der Waals surface area contributed by atoms with E-state index in [-0.39, 0.29) is 37.4 Å². The highest BCUT2D eigenvalue weighted by molar-refractivity contribution is 6.02. The standard InChI is InChI=1S/C24H30F3N5O/c1-23(2)7-9-31(15-23)14-21(33)30-18-10-17(24(25,26)27)12-32(13-18)20-6-5-16(11-28)22-19(20)4-3-8-29-22/h3-6,8,11,17-18,28H,7,9-10,12-15H2,1-2H3,(H,30,33)/t17-,18+/m0/s1. The lowest BCUT2D eigenvalue weighted by molar-refractivity contribution is -0.178. The van der Waals surface area contributed by atoms with Crippen LogP contribution in [0.2, 0.25) is 0 Å². The first-order valence-corrected chi connectivity index (χ1v) is 11.3. The van der Waals surface area contributed by atoms with Gasteiger partial charge in [-0.05, 0) is 49.1 Å². The minimum absolute atomic E-state index is 0.133. The summed E-state index contributed by atoms with van der Waals surface area (Å²) in [5, 5.41) is 11.2. The maximum atomic E-state index is 13.8. The summed E-state index contributed by atoms with van der Waals surface area (Å²) in [6.45, 7) is 6.25. The maximum absolute atomic E-state index is 13.8. The summed E-state index contributed by atoms with van der Waals surface area (Å²) in [6, 6.07) is 6.39. The molecule has 2 aliphatic heterocycles. The number of nitrogens with zero attached hydrogens (tertiary/aromatic N) is 3. The Hall–Kier alpha value is -2.68. The van der Waals surface area contributed by atoms with Crippen LogP contribution in [-0.4, -0.2) is 66.9 Å². The van der Waals surface area contributed by atoms with Crippen LogP contribution < -0.4 is 10.2 Å². The molecule has 9 heteroatoms. The minimum atomic E-state index is -4.36. The molecular weight excluding hydrogens is 431 g/mol. The van der Waals surface area contributed by atoms with Gasteiger partial charge < -0.3 is 15.6 Å². The fourth-order valence-electron chi connectivity index (χ4n) is 5.04. The molecule has 0 radical (unpaired) electrons. The number of fused-ring (bicyclic) bond motifs is 1. The Morgan fingerprint density at radius 2 is 2.09 bits per heavy atom. The van der Waals surface area contributed by atoms with Crippen molar-refractivity contribution in [2.75, 3.05) is 37.6 Å². The van der Waals surface area contributed by atoms with Gasteiger partial charge in [-0.1, -0.05) is 13.8 Å². The highest BCUT2D eigenvalue weighted by atomic mass is 19.4. The normalized spacial score (nSPS) is 23.6. The summed E-state index contributed by atoms with van der Waals surface area (Å²) in [7, 11) is 0. The van der Waals surface area contributed by atoms with Gasteiger partial charge in [0.05, 0.1) is 18.0 Å². The zero-order chi connectivity index (χ0) is 23.8. The maximum Gasteiger partial charge on any atom is 0.393 e. The second-order valence-corrected chi connectivity index (χ2v) is 9.99. The average Bonchev–Trinajstić information content (AvgIpc) is 3.09. The Bertz CT molecular complexity index is 1040. The van der Waals surface area contributed by atoms with Crippen LogP contribution in [-0.2, 0) is 4.79 Å². The van der Waals surface area contributed by atoms with Crippen molar-refractivity contribution in [3.05, 3.63) is 36.0 Å². The van der Waals surface area contributed by atoms with E-state index >= 15 is 0 Å². The van der Waals surface area contributed by atoms with E-state index in [0.717, 1.165) is 19.5 Å². The molecule has 2 saturated heterocycles. The number of likely N-dealkylation sites (tertiary alicyclic amines) is 1. The number of piperidine rings is 1. The molecule has 2 atom stereocenters. The molecule has 178 valence electrons. The molecular formula is C24H30F3N5O. The number of rotatable bonds is 5. The van der Waals surface area contributed by atoms with Gasteiger partial charge in [0.15, 0.2) is 0 Å². The SMILES string of the molecule is CC1(C)CCN(CC(=O)N[C@@H]2C[C@H](C(F)(F)F)CN(c3ccc(C=N)c4ncccc34)C2)C1. The molecule has 1 aromatic heterocycles. The Balaban J connectivity index is 1.55. The van der Waals surface area contributed by atoms with Crippen LogP contribution in [0, 0.1) is 16.7 Å². The summed E-state index contributed by atoms with van der Waals surface area (Å²) in [4.78, 5) is 20.8. The van der Waals surface area contributed by atoms with Crippen LogP contribution >= 0.6 is 0 Å². The van der Waals surface area contributed by atoms with E-state index in [4.69, 9.17) is 5.41 Å². The number of hydrogen-bond donors (Lipinski definition) is 2. The highest BCUT2D eigenvalue weighted by Crippen LogP contribution is 2.37. The van der Waals surface area contributed by atoms with Crippen molar-refractivity contribution in [1.29, 1.82) is 5.41 Å². The number of halogens is 3. The van der Waals surface area contributed by atoms with E-state index in [1.807, 2.05) is 6.07 Å². The molecule has 0 saturated carbocycles. The number of carbonyl (C=O) groups is 1. The van der Waals surface area contributed by atoms with Crippen molar-refractivity contribution in [2.45, 2.75) is 38.9 Å². The van der Waals surface area contributed by atoms with E-state index in [0.29, 0.717) is 22.2 Å². The first kappa shape index (κ1) is 23.5. The molecule has 2 fully saturated rings. The summed E-state index contributed by atoms with van der Waals surface area (Å²) < 4.78 is 41.4. The molecule has 6 nitrogen and oxygen atoms in total. The Morgan fingerprint density at radius 3 is 2.76 bits per heavy atom. The van der Waals surface area contributed by atoms with E-state index < -0.39 is 18.1 Å². The first-order chi connectivity index (χ1) is 15.6. The van der Waals surface area contributed by atoms with Crippen LogP contribution in [0.3, 0.4) is 0 Å². The summed E-state index contributed by atoms with van der Waals surface area (Å²) >= 11 is 0. The first-order valence-electron chi connectivity index (χ1n) is 11.3. The monoisotopic (exact) mass is 461 g/mol. The molecule has 0 spiro atoms. The molecule has 2 aromatic rings. The second kappa shape index (κ2) is 8.93. The van der Waals surface area contributed by atoms with Crippen LogP contribution in [0.15, 0.2) is 30.5 Å². The average molecular weight is 462 g/mol. The Kier molecular flexibility index (Phi) is 6.35. The van der Waals surface area contributed by atoms with Crippen molar-refractivity contribution in [3.63, 3.8) is 0 Å². The predicted octanol–water partition coefficient (Wildman–Crippen LogP) is 3.84. The summed E-state index contributed by atoms with van der Waals surface area (Å²) in [6.07, 6.45) is -0.691. The van der Waals surface area contributed by atoms with Crippen LogP contribution in [0.25, 0.3) is 10.9 Å². The van der Waals surface area contributed by atoms with Crippen LogP contribution in [0.5, 0.6) is 0 Å². The van der Waals surface area contributed by atoms with E-state index in [1.165, 1.54) is 6.21 Å². The van der Waals surface area contributed by atoms with Gasteiger partial charge in [0.2, 0.25) is 5.91 Å². The molecule has 1 aromatic carbocycles. The molecule has 1 amide bonds.